The van der Waals surface area contributed by atoms with Crippen molar-refractivity contribution in [3.8, 4) is 0 Å². The van der Waals surface area contributed by atoms with Crippen LogP contribution in [-0.2, 0) is 23.2 Å². The molecule has 19 heavy (non-hydrogen) atoms. The molecule has 7 heteroatoms. The van der Waals surface area contributed by atoms with Crippen molar-refractivity contribution in [2.24, 2.45) is 18.9 Å². The minimum absolute atomic E-state index is 0.00954. The van der Waals surface area contributed by atoms with E-state index in [4.69, 9.17) is 5.11 Å². The third-order valence-electron chi connectivity index (χ3n) is 3.66. The van der Waals surface area contributed by atoms with Crippen LogP contribution in [-0.4, -0.2) is 37.6 Å². The summed E-state index contributed by atoms with van der Waals surface area (Å²) >= 11 is 0. The predicted octanol–water partition coefficient (Wildman–Crippen LogP) is 0.259. The fourth-order valence-corrected chi connectivity index (χ4v) is 2.16. The Hall–Kier alpha value is -2.18. The largest absolute Gasteiger partial charge is 0.478 e. The van der Waals surface area contributed by atoms with Crippen molar-refractivity contribution in [1.82, 2.24) is 14.7 Å². The highest BCUT2D eigenvalue weighted by Gasteiger charge is 2.42. The van der Waals surface area contributed by atoms with Crippen LogP contribution >= 0.6 is 0 Å². The Balaban J connectivity index is 2.32. The number of aryl methyl sites for hydroxylation is 1. The number of amides is 2. The summed E-state index contributed by atoms with van der Waals surface area (Å²) in [5, 5.41) is 12.9. The third kappa shape index (κ3) is 2.00. The molecule has 1 aliphatic rings. The fourth-order valence-electron chi connectivity index (χ4n) is 2.16. The predicted molar refractivity (Wildman–Crippen MR) is 64.1 cm³/mol. The Morgan fingerprint density at radius 1 is 1.32 bits per heavy atom. The van der Waals surface area contributed by atoms with Gasteiger partial charge in [-0.25, -0.2) is 4.79 Å². The number of likely N-dealkylation sites (tertiary alicyclic amines) is 1. The van der Waals surface area contributed by atoms with Crippen molar-refractivity contribution in [3.05, 3.63) is 17.5 Å². The summed E-state index contributed by atoms with van der Waals surface area (Å²) in [6.45, 7) is 3.35. The molecule has 1 aliphatic heterocycles. The van der Waals surface area contributed by atoms with Crippen molar-refractivity contribution in [2.75, 3.05) is 0 Å². The van der Waals surface area contributed by atoms with Gasteiger partial charge in [0, 0.05) is 18.9 Å². The summed E-state index contributed by atoms with van der Waals surface area (Å²) < 4.78 is 1.37. The maximum absolute atomic E-state index is 12.0. The second-order valence-corrected chi connectivity index (χ2v) is 4.77. The summed E-state index contributed by atoms with van der Waals surface area (Å²) in [6, 6.07) is 0. The first-order valence-electron chi connectivity index (χ1n) is 5.94. The van der Waals surface area contributed by atoms with Gasteiger partial charge in [-0.05, 0) is 0 Å². The van der Waals surface area contributed by atoms with Crippen LogP contribution < -0.4 is 0 Å². The van der Waals surface area contributed by atoms with Crippen LogP contribution in [0.25, 0.3) is 0 Å². The molecule has 0 bridgehead atoms. The SMILES string of the molecule is CC1C(=O)N(Cc2c(C(=O)O)cnn2C)C(=O)C1C. The second kappa shape index (κ2) is 4.49. The Morgan fingerprint density at radius 2 is 1.84 bits per heavy atom. The molecule has 2 amide bonds. The Bertz CT molecular complexity index is 543. The van der Waals surface area contributed by atoms with Crippen LogP contribution in [0.1, 0.15) is 29.9 Å². The maximum Gasteiger partial charge on any atom is 0.339 e. The summed E-state index contributed by atoms with van der Waals surface area (Å²) in [5.74, 6) is -2.39. The van der Waals surface area contributed by atoms with Gasteiger partial charge >= 0.3 is 5.97 Å². The molecule has 2 unspecified atom stereocenters. The molecule has 0 aromatic carbocycles. The Morgan fingerprint density at radius 3 is 2.32 bits per heavy atom. The summed E-state index contributed by atoms with van der Waals surface area (Å²) in [4.78, 5) is 36.1. The minimum atomic E-state index is -1.12. The van der Waals surface area contributed by atoms with Crippen LogP contribution in [0, 0.1) is 11.8 Å². The van der Waals surface area contributed by atoms with Gasteiger partial charge in [-0.2, -0.15) is 5.10 Å². The number of nitrogens with zero attached hydrogens (tertiary/aromatic N) is 3. The van der Waals surface area contributed by atoms with Crippen LogP contribution in [0.3, 0.4) is 0 Å². The quantitative estimate of drug-likeness (QED) is 0.791. The summed E-state index contributed by atoms with van der Waals surface area (Å²) in [6.07, 6.45) is 1.22. The molecule has 7 nitrogen and oxygen atoms in total. The van der Waals surface area contributed by atoms with E-state index >= 15 is 0 Å². The van der Waals surface area contributed by atoms with Crippen molar-refractivity contribution in [2.45, 2.75) is 20.4 Å². The van der Waals surface area contributed by atoms with E-state index in [1.54, 1.807) is 20.9 Å². The molecule has 1 aromatic rings. The zero-order chi connectivity index (χ0) is 14.3. The topological polar surface area (TPSA) is 92.5 Å². The van der Waals surface area contributed by atoms with Gasteiger partial charge in [-0.3, -0.25) is 19.2 Å². The molecule has 2 heterocycles. The Labute approximate surface area is 109 Å². The van der Waals surface area contributed by atoms with Crippen molar-refractivity contribution in [1.29, 1.82) is 0 Å². The van der Waals surface area contributed by atoms with E-state index in [0.29, 0.717) is 5.69 Å². The molecule has 0 radical (unpaired) electrons. The number of rotatable bonds is 3. The minimum Gasteiger partial charge on any atom is -0.478 e. The van der Waals surface area contributed by atoms with Gasteiger partial charge < -0.3 is 5.11 Å². The highest BCUT2D eigenvalue weighted by molar-refractivity contribution is 6.04. The molecule has 0 aliphatic carbocycles. The monoisotopic (exact) mass is 265 g/mol. The van der Waals surface area contributed by atoms with E-state index < -0.39 is 5.97 Å². The van der Waals surface area contributed by atoms with Gasteiger partial charge in [0.2, 0.25) is 11.8 Å². The average molecular weight is 265 g/mol. The van der Waals surface area contributed by atoms with Crippen LogP contribution in [0.2, 0.25) is 0 Å². The second-order valence-electron chi connectivity index (χ2n) is 4.77. The number of hydrogen-bond donors (Lipinski definition) is 1. The van der Waals surface area contributed by atoms with E-state index in [9.17, 15) is 14.4 Å². The molecule has 102 valence electrons. The number of carboxylic acids is 1. The highest BCUT2D eigenvalue weighted by Crippen LogP contribution is 2.27. The number of carbonyl (C=O) groups is 3. The van der Waals surface area contributed by atoms with Gasteiger partial charge in [0.05, 0.1) is 18.4 Å². The lowest BCUT2D eigenvalue weighted by Crippen LogP contribution is -2.31. The standard InChI is InChI=1S/C12H15N3O4/c1-6-7(2)11(17)15(10(6)16)5-9-8(12(18)19)4-13-14(9)3/h4,6-7H,5H2,1-3H3,(H,18,19). The molecule has 1 N–H and O–H groups in total. The van der Waals surface area contributed by atoms with Gasteiger partial charge in [-0.1, -0.05) is 13.8 Å². The molecule has 1 saturated heterocycles. The Kier molecular flexibility index (Phi) is 3.13. The number of carboxylic acid groups (broad SMARTS) is 1. The van der Waals surface area contributed by atoms with Crippen LogP contribution in [0.15, 0.2) is 6.20 Å². The van der Waals surface area contributed by atoms with E-state index in [1.807, 2.05) is 0 Å². The third-order valence-corrected chi connectivity index (χ3v) is 3.66. The van der Waals surface area contributed by atoms with E-state index in [-0.39, 0.29) is 35.8 Å². The zero-order valence-corrected chi connectivity index (χ0v) is 11.0. The van der Waals surface area contributed by atoms with Crippen molar-refractivity contribution >= 4 is 17.8 Å². The van der Waals surface area contributed by atoms with E-state index in [2.05, 4.69) is 5.10 Å². The molecule has 2 rings (SSSR count). The molecule has 1 aromatic heterocycles. The zero-order valence-electron chi connectivity index (χ0n) is 11.0. The molecule has 0 spiro atoms. The van der Waals surface area contributed by atoms with E-state index in [0.717, 1.165) is 4.90 Å². The molecular weight excluding hydrogens is 250 g/mol. The number of aromatic nitrogens is 2. The van der Waals surface area contributed by atoms with Gasteiger partial charge in [0.15, 0.2) is 0 Å². The lowest BCUT2D eigenvalue weighted by atomic mass is 10.00. The number of imide groups is 1. The van der Waals surface area contributed by atoms with Crippen molar-refractivity contribution < 1.29 is 19.5 Å². The lowest BCUT2D eigenvalue weighted by Gasteiger charge is -2.15. The number of aromatic carboxylic acids is 1. The molecule has 1 fully saturated rings. The first-order valence-corrected chi connectivity index (χ1v) is 5.94. The van der Waals surface area contributed by atoms with E-state index in [1.165, 1.54) is 10.9 Å². The van der Waals surface area contributed by atoms with Gasteiger partial charge in [0.25, 0.3) is 0 Å². The van der Waals surface area contributed by atoms with Gasteiger partial charge in [-0.15, -0.1) is 0 Å². The number of carbonyl (C=O) groups excluding carboxylic acids is 2. The normalized spacial score (nSPS) is 23.2. The highest BCUT2D eigenvalue weighted by atomic mass is 16.4. The molecule has 2 atom stereocenters. The van der Waals surface area contributed by atoms with Crippen LogP contribution in [0.5, 0.6) is 0 Å². The van der Waals surface area contributed by atoms with Crippen molar-refractivity contribution in [3.63, 3.8) is 0 Å². The average Bonchev–Trinajstić information content (AvgIpc) is 2.80. The lowest BCUT2D eigenvalue weighted by molar-refractivity contribution is -0.140. The molecule has 0 saturated carbocycles. The number of hydrogen-bond acceptors (Lipinski definition) is 4. The smallest absolute Gasteiger partial charge is 0.339 e. The van der Waals surface area contributed by atoms with Crippen LogP contribution in [0.4, 0.5) is 0 Å². The molecular formula is C12H15N3O4. The first-order chi connectivity index (χ1) is 8.84. The summed E-state index contributed by atoms with van der Waals surface area (Å²) in [5.41, 5.74) is 0.353. The maximum atomic E-state index is 12.0. The van der Waals surface area contributed by atoms with Gasteiger partial charge in [0.1, 0.15) is 5.56 Å². The first kappa shape index (κ1) is 13.3. The summed E-state index contributed by atoms with van der Waals surface area (Å²) in [7, 11) is 1.58. The fraction of sp³-hybridized carbons (Fsp3) is 0.500.